The summed E-state index contributed by atoms with van der Waals surface area (Å²) >= 11 is 0. The number of rotatable bonds is 39. The second-order valence-electron chi connectivity index (χ2n) is 14.3. The van der Waals surface area contributed by atoms with Crippen molar-refractivity contribution in [3.05, 3.63) is 60.8 Å². The first-order valence-electron chi connectivity index (χ1n) is 21.4. The molecule has 5 N–H and O–H groups in total. The topological polar surface area (TPSA) is 189 Å². The van der Waals surface area contributed by atoms with Crippen LogP contribution in [0.25, 0.3) is 0 Å². The molecule has 0 aromatic heterocycles. The molecule has 0 rings (SSSR count). The van der Waals surface area contributed by atoms with Crippen LogP contribution >= 0.6 is 7.82 Å². The minimum absolute atomic E-state index is 0.0709. The van der Waals surface area contributed by atoms with E-state index in [1.54, 1.807) is 0 Å². The van der Waals surface area contributed by atoms with E-state index in [1.165, 1.54) is 25.7 Å². The highest BCUT2D eigenvalue weighted by Gasteiger charge is 2.27. The molecule has 0 fully saturated rings. The second kappa shape index (κ2) is 39.1. The lowest BCUT2D eigenvalue weighted by Crippen LogP contribution is -2.29. The van der Waals surface area contributed by atoms with E-state index in [4.69, 9.17) is 19.1 Å². The molecule has 0 aromatic rings. The maximum atomic E-state index is 12.6. The van der Waals surface area contributed by atoms with Crippen molar-refractivity contribution in [1.82, 2.24) is 0 Å². The molecule has 0 radical (unpaired) electrons. The van der Waals surface area contributed by atoms with E-state index in [9.17, 15) is 34.4 Å². The van der Waals surface area contributed by atoms with Crippen molar-refractivity contribution in [1.29, 1.82) is 0 Å². The first-order chi connectivity index (χ1) is 27.5. The number of hydrogen-bond donors (Lipinski definition) is 5. The molecule has 0 spiro atoms. The Hall–Kier alpha value is -2.41. The third kappa shape index (κ3) is 37.6. The summed E-state index contributed by atoms with van der Waals surface area (Å²) in [7, 11) is -4.67. The van der Waals surface area contributed by atoms with Gasteiger partial charge in [0.05, 0.1) is 32.0 Å². The third-order valence-corrected chi connectivity index (χ3v) is 9.80. The van der Waals surface area contributed by atoms with Gasteiger partial charge in [-0.2, -0.15) is 0 Å². The minimum Gasteiger partial charge on any atom is -0.462 e. The Morgan fingerprint density at radius 2 is 1.09 bits per heavy atom. The van der Waals surface area contributed by atoms with E-state index in [1.807, 2.05) is 18.2 Å². The highest BCUT2D eigenvalue weighted by Crippen LogP contribution is 2.43. The van der Waals surface area contributed by atoms with Gasteiger partial charge in [0, 0.05) is 12.8 Å². The number of ether oxygens (including phenoxy) is 2. The van der Waals surface area contributed by atoms with Crippen molar-refractivity contribution in [3.63, 3.8) is 0 Å². The summed E-state index contributed by atoms with van der Waals surface area (Å²) in [4.78, 5) is 35.0. The maximum absolute atomic E-state index is 12.6. The Balaban J connectivity index is 4.53. The quantitative estimate of drug-likeness (QED) is 0.0171. The summed E-state index contributed by atoms with van der Waals surface area (Å²) < 4.78 is 32.5. The van der Waals surface area contributed by atoms with Crippen molar-refractivity contribution >= 4 is 19.8 Å². The number of phosphoric ester groups is 1. The zero-order chi connectivity index (χ0) is 42.2. The lowest BCUT2D eigenvalue weighted by atomic mass is 10.0. The molecule has 0 heterocycles. The molecule has 330 valence electrons. The Kier molecular flexibility index (Phi) is 37.4. The second-order valence-corrected chi connectivity index (χ2v) is 15.8. The lowest BCUT2D eigenvalue weighted by molar-refractivity contribution is -0.161. The Morgan fingerprint density at radius 3 is 1.68 bits per heavy atom. The highest BCUT2D eigenvalue weighted by molar-refractivity contribution is 7.47. The van der Waals surface area contributed by atoms with Gasteiger partial charge in [-0.3, -0.25) is 18.6 Å². The Labute approximate surface area is 343 Å². The van der Waals surface area contributed by atoms with Crippen LogP contribution in [0.3, 0.4) is 0 Å². The predicted molar refractivity (Wildman–Crippen MR) is 226 cm³/mol. The molecule has 57 heavy (non-hydrogen) atoms. The van der Waals surface area contributed by atoms with Gasteiger partial charge >= 0.3 is 19.8 Å². The molecular weight excluding hydrogens is 751 g/mol. The number of carbonyl (C=O) groups excluding carboxylic acids is 2. The van der Waals surface area contributed by atoms with E-state index < -0.39 is 70.6 Å². The first-order valence-corrected chi connectivity index (χ1v) is 22.9. The minimum atomic E-state index is -4.67. The fourth-order valence-corrected chi connectivity index (χ4v) is 6.15. The number of carbonyl (C=O) groups is 2. The van der Waals surface area contributed by atoms with Gasteiger partial charge in [-0.05, 0) is 77.0 Å². The van der Waals surface area contributed by atoms with E-state index >= 15 is 0 Å². The van der Waals surface area contributed by atoms with Crippen molar-refractivity contribution in [2.45, 2.75) is 180 Å². The van der Waals surface area contributed by atoms with Gasteiger partial charge in [0.15, 0.2) is 6.10 Å². The number of phosphoric acid groups is 1. The Bertz CT molecular complexity index is 1170. The smallest absolute Gasteiger partial charge is 0.462 e. The summed E-state index contributed by atoms with van der Waals surface area (Å²) in [6.07, 6.45) is 35.0. The largest absolute Gasteiger partial charge is 0.472 e. The Morgan fingerprint density at radius 1 is 0.579 bits per heavy atom. The molecule has 13 heteroatoms. The van der Waals surface area contributed by atoms with Crippen LogP contribution in [0, 0.1) is 0 Å². The standard InChI is InChI=1S/C44H77O12P/c1-3-5-7-9-11-12-13-14-15-16-17-18-19-20-21-25-29-33-43(49)53-37-40(38-55-57(51,52)54-36-39(46)35-45)56-44(50)34-30-26-22-24-28-32-42(48)41(47)31-27-23-10-8-6-4-2/h11-12,14-15,17-18,20-21,23,27,39-42,45-48H,3-10,13,16,19,22,24-26,28-38H2,1-2H3,(H,51,52)/b12-11-,15-14-,18-17-,21-20-,27-23-/t39-,40+,41-,42-/m0/s1. The summed E-state index contributed by atoms with van der Waals surface area (Å²) in [5.74, 6) is -1.11. The fraction of sp³-hybridized carbons (Fsp3) is 0.727. The van der Waals surface area contributed by atoms with Crippen molar-refractivity contribution in [3.8, 4) is 0 Å². The zero-order valence-corrected chi connectivity index (χ0v) is 35.9. The zero-order valence-electron chi connectivity index (χ0n) is 35.0. The van der Waals surface area contributed by atoms with Crippen LogP contribution in [-0.2, 0) is 32.7 Å². The maximum Gasteiger partial charge on any atom is 0.472 e. The van der Waals surface area contributed by atoms with Crippen LogP contribution in [0.1, 0.15) is 155 Å². The van der Waals surface area contributed by atoms with Crippen LogP contribution in [0.15, 0.2) is 60.8 Å². The van der Waals surface area contributed by atoms with Crippen molar-refractivity contribution < 1.29 is 58.0 Å². The van der Waals surface area contributed by atoms with Gasteiger partial charge in [-0.25, -0.2) is 4.57 Å². The number of unbranched alkanes of at least 4 members (excludes halogenated alkanes) is 11. The van der Waals surface area contributed by atoms with Gasteiger partial charge in [-0.1, -0.05) is 126 Å². The average molecular weight is 829 g/mol. The molecule has 0 aliphatic rings. The van der Waals surface area contributed by atoms with E-state index in [0.29, 0.717) is 32.1 Å². The highest BCUT2D eigenvalue weighted by atomic mass is 31.2. The fourth-order valence-electron chi connectivity index (χ4n) is 5.36. The lowest BCUT2D eigenvalue weighted by Gasteiger charge is -2.20. The summed E-state index contributed by atoms with van der Waals surface area (Å²) in [5.41, 5.74) is 0. The van der Waals surface area contributed by atoms with Crippen LogP contribution in [0.2, 0.25) is 0 Å². The average Bonchev–Trinajstić information content (AvgIpc) is 3.19. The SMILES string of the molecule is CCCCC/C=C\C/C=C\C/C=C\C/C=C\CCCC(=O)OC[C@H](COP(=O)(O)OC[C@@H](O)CO)OC(=O)CCCCCCC[C@H](O)[C@@H](O)C/C=C\CCCCC. The van der Waals surface area contributed by atoms with Gasteiger partial charge < -0.3 is 34.8 Å². The van der Waals surface area contributed by atoms with Gasteiger partial charge in [0.25, 0.3) is 0 Å². The van der Waals surface area contributed by atoms with Gasteiger partial charge in [0.2, 0.25) is 0 Å². The summed E-state index contributed by atoms with van der Waals surface area (Å²) in [5, 5.41) is 38.7. The molecular formula is C44H77O12P. The van der Waals surface area contributed by atoms with E-state index in [-0.39, 0.29) is 12.8 Å². The molecule has 0 amide bonds. The van der Waals surface area contributed by atoms with Crippen LogP contribution in [0.4, 0.5) is 0 Å². The number of hydrogen-bond acceptors (Lipinski definition) is 11. The van der Waals surface area contributed by atoms with Crippen molar-refractivity contribution in [2.24, 2.45) is 0 Å². The number of aliphatic hydroxyl groups is 4. The van der Waals surface area contributed by atoms with Gasteiger partial charge in [-0.15, -0.1) is 0 Å². The number of aliphatic hydroxyl groups excluding tert-OH is 4. The van der Waals surface area contributed by atoms with Crippen molar-refractivity contribution in [2.75, 3.05) is 26.4 Å². The first kappa shape index (κ1) is 54.6. The molecule has 0 saturated carbocycles. The van der Waals surface area contributed by atoms with E-state index in [2.05, 4.69) is 60.9 Å². The van der Waals surface area contributed by atoms with E-state index in [0.717, 1.165) is 70.6 Å². The van der Waals surface area contributed by atoms with Gasteiger partial charge in [0.1, 0.15) is 12.7 Å². The normalized spacial score (nSPS) is 15.6. The molecule has 0 aliphatic heterocycles. The molecule has 0 aliphatic carbocycles. The van der Waals surface area contributed by atoms with Crippen LogP contribution in [0.5, 0.6) is 0 Å². The third-order valence-electron chi connectivity index (χ3n) is 8.85. The summed E-state index contributed by atoms with van der Waals surface area (Å²) in [6.45, 7) is 2.03. The molecule has 0 saturated heterocycles. The molecule has 5 atom stereocenters. The monoisotopic (exact) mass is 829 g/mol. The number of esters is 2. The molecule has 1 unspecified atom stereocenters. The molecule has 0 aromatic carbocycles. The number of allylic oxidation sites excluding steroid dienone is 9. The molecule has 12 nitrogen and oxygen atoms in total. The van der Waals surface area contributed by atoms with Crippen LogP contribution in [-0.4, -0.2) is 88.1 Å². The molecule has 0 bridgehead atoms. The summed E-state index contributed by atoms with van der Waals surface area (Å²) in [6, 6.07) is 0. The predicted octanol–water partition coefficient (Wildman–Crippen LogP) is 9.05. The van der Waals surface area contributed by atoms with Crippen LogP contribution < -0.4 is 0 Å².